The van der Waals surface area contributed by atoms with Crippen LogP contribution in [0.3, 0.4) is 0 Å². The molecule has 3 rings (SSSR count). The summed E-state index contributed by atoms with van der Waals surface area (Å²) in [7, 11) is 0. The summed E-state index contributed by atoms with van der Waals surface area (Å²) in [6.07, 6.45) is 0. The molecule has 0 amide bonds. The highest BCUT2D eigenvalue weighted by Crippen LogP contribution is 2.24. The van der Waals surface area contributed by atoms with E-state index in [9.17, 15) is 0 Å². The molecule has 19 heavy (non-hydrogen) atoms. The maximum absolute atomic E-state index is 4.49. The molecule has 0 radical (unpaired) electrons. The van der Waals surface area contributed by atoms with Gasteiger partial charge in [-0.05, 0) is 30.6 Å². The summed E-state index contributed by atoms with van der Waals surface area (Å²) in [5, 5.41) is 4.14. The average molecular weight is 267 g/mol. The van der Waals surface area contributed by atoms with Gasteiger partial charge >= 0.3 is 0 Å². The smallest absolute Gasteiger partial charge is 0.239 e. The number of hydrogen-bond acceptors (Lipinski definition) is 4. The Morgan fingerprint density at radius 2 is 1.68 bits per heavy atom. The number of aryl methyl sites for hydroxylation is 1. The van der Waals surface area contributed by atoms with Crippen LogP contribution < -0.4 is 5.32 Å². The highest BCUT2D eigenvalue weighted by Gasteiger charge is 2.05. The molecule has 0 bridgehead atoms. The minimum Gasteiger partial charge on any atom is -0.323 e. The standard InChI is InChI=1S/C15H13N3S/c1-11-7-9-13(10-8-11)16-15-17-14(19-18-15)12-5-3-2-4-6-12/h2-10H,1H3,(H,16,18). The molecule has 0 aliphatic heterocycles. The molecule has 3 nitrogen and oxygen atoms in total. The van der Waals surface area contributed by atoms with Gasteiger partial charge in [0.15, 0.2) is 0 Å². The van der Waals surface area contributed by atoms with E-state index in [1.54, 1.807) is 0 Å². The third-order valence-corrected chi connectivity index (χ3v) is 3.52. The second-order valence-corrected chi connectivity index (χ2v) is 5.03. The summed E-state index contributed by atoms with van der Waals surface area (Å²) in [5.74, 6) is 0.646. The first kappa shape index (κ1) is 11.9. The van der Waals surface area contributed by atoms with Gasteiger partial charge in [0.05, 0.1) is 0 Å². The Bertz CT molecular complexity index is 659. The topological polar surface area (TPSA) is 37.8 Å². The molecule has 0 unspecified atom stereocenters. The number of rotatable bonds is 3. The number of benzene rings is 2. The fourth-order valence-corrected chi connectivity index (χ4v) is 2.37. The average Bonchev–Trinajstić information content (AvgIpc) is 2.91. The van der Waals surface area contributed by atoms with Crippen molar-refractivity contribution in [3.63, 3.8) is 0 Å². The van der Waals surface area contributed by atoms with Gasteiger partial charge in [-0.1, -0.05) is 48.0 Å². The predicted octanol–water partition coefficient (Wildman–Crippen LogP) is 4.26. The number of nitrogens with one attached hydrogen (secondary N) is 1. The van der Waals surface area contributed by atoms with Crippen molar-refractivity contribution in [3.8, 4) is 10.6 Å². The molecular weight excluding hydrogens is 254 g/mol. The molecule has 0 aliphatic carbocycles. The van der Waals surface area contributed by atoms with Crippen molar-refractivity contribution < 1.29 is 0 Å². The molecule has 0 fully saturated rings. The van der Waals surface area contributed by atoms with Gasteiger partial charge in [0, 0.05) is 11.3 Å². The van der Waals surface area contributed by atoms with E-state index in [4.69, 9.17) is 0 Å². The van der Waals surface area contributed by atoms with Crippen molar-refractivity contribution in [3.05, 3.63) is 60.2 Å². The van der Waals surface area contributed by atoms with Crippen LogP contribution in [0.5, 0.6) is 0 Å². The zero-order valence-electron chi connectivity index (χ0n) is 10.5. The summed E-state index contributed by atoms with van der Waals surface area (Å²) >= 11 is 1.40. The van der Waals surface area contributed by atoms with Crippen molar-refractivity contribution in [2.24, 2.45) is 0 Å². The Hall–Kier alpha value is -2.20. The molecule has 94 valence electrons. The largest absolute Gasteiger partial charge is 0.323 e. The lowest BCUT2D eigenvalue weighted by Gasteiger charge is -2.01. The van der Waals surface area contributed by atoms with Gasteiger partial charge < -0.3 is 5.32 Å². The molecular formula is C15H13N3S. The van der Waals surface area contributed by atoms with Crippen LogP contribution in [-0.4, -0.2) is 9.36 Å². The molecule has 1 aromatic heterocycles. The molecule has 0 atom stereocenters. The van der Waals surface area contributed by atoms with Crippen LogP contribution in [0.4, 0.5) is 11.6 Å². The molecule has 2 aromatic carbocycles. The van der Waals surface area contributed by atoms with Crippen molar-refractivity contribution in [2.45, 2.75) is 6.92 Å². The minimum absolute atomic E-state index is 0.646. The molecule has 0 saturated heterocycles. The van der Waals surface area contributed by atoms with Crippen molar-refractivity contribution in [1.29, 1.82) is 0 Å². The van der Waals surface area contributed by atoms with Gasteiger partial charge in [-0.2, -0.15) is 9.36 Å². The monoisotopic (exact) mass is 267 g/mol. The maximum atomic E-state index is 4.49. The molecule has 1 heterocycles. The van der Waals surface area contributed by atoms with Crippen LogP contribution in [0, 0.1) is 6.92 Å². The summed E-state index contributed by atoms with van der Waals surface area (Å²) in [6.45, 7) is 2.07. The Balaban J connectivity index is 1.80. The third kappa shape index (κ3) is 2.80. The van der Waals surface area contributed by atoms with Crippen molar-refractivity contribution in [2.75, 3.05) is 5.32 Å². The van der Waals surface area contributed by atoms with Crippen LogP contribution in [0.1, 0.15) is 5.56 Å². The Morgan fingerprint density at radius 1 is 0.947 bits per heavy atom. The normalized spacial score (nSPS) is 10.4. The van der Waals surface area contributed by atoms with Gasteiger partial charge in [-0.25, -0.2) is 0 Å². The van der Waals surface area contributed by atoms with Crippen LogP contribution in [0.15, 0.2) is 54.6 Å². The molecule has 0 spiro atoms. The fraction of sp³-hybridized carbons (Fsp3) is 0.0667. The van der Waals surface area contributed by atoms with Crippen LogP contribution in [0.25, 0.3) is 10.6 Å². The van der Waals surface area contributed by atoms with Crippen LogP contribution in [-0.2, 0) is 0 Å². The number of aromatic nitrogens is 2. The fourth-order valence-electron chi connectivity index (χ4n) is 1.74. The second-order valence-electron chi connectivity index (χ2n) is 4.28. The van der Waals surface area contributed by atoms with E-state index < -0.39 is 0 Å². The first-order valence-corrected chi connectivity index (χ1v) is 6.81. The molecule has 0 saturated carbocycles. The molecule has 0 aliphatic rings. The first-order valence-electron chi connectivity index (χ1n) is 6.04. The summed E-state index contributed by atoms with van der Waals surface area (Å²) in [5.41, 5.74) is 3.33. The van der Waals surface area contributed by atoms with E-state index >= 15 is 0 Å². The Labute approximate surface area is 116 Å². The maximum Gasteiger partial charge on any atom is 0.239 e. The van der Waals surface area contributed by atoms with E-state index in [1.165, 1.54) is 17.1 Å². The zero-order chi connectivity index (χ0) is 13.1. The summed E-state index contributed by atoms with van der Waals surface area (Å²) < 4.78 is 4.33. The third-order valence-electron chi connectivity index (χ3n) is 2.75. The van der Waals surface area contributed by atoms with E-state index in [-0.39, 0.29) is 0 Å². The second kappa shape index (κ2) is 5.20. The number of nitrogens with zero attached hydrogens (tertiary/aromatic N) is 2. The van der Waals surface area contributed by atoms with E-state index in [2.05, 4.69) is 33.7 Å². The van der Waals surface area contributed by atoms with E-state index in [0.717, 1.165) is 16.3 Å². The van der Waals surface area contributed by atoms with Crippen LogP contribution in [0.2, 0.25) is 0 Å². The Kier molecular flexibility index (Phi) is 3.25. The lowest BCUT2D eigenvalue weighted by molar-refractivity contribution is 1.30. The first-order chi connectivity index (χ1) is 9.31. The molecule has 4 heteroatoms. The molecule has 3 aromatic rings. The summed E-state index contributed by atoms with van der Waals surface area (Å²) in [6, 6.07) is 18.3. The lowest BCUT2D eigenvalue weighted by Crippen LogP contribution is -1.91. The predicted molar refractivity (Wildman–Crippen MR) is 79.8 cm³/mol. The minimum atomic E-state index is 0.646. The summed E-state index contributed by atoms with van der Waals surface area (Å²) in [4.78, 5) is 4.49. The number of anilines is 2. The SMILES string of the molecule is Cc1ccc(Nc2nsc(-c3ccccc3)n2)cc1. The van der Waals surface area contributed by atoms with Gasteiger partial charge in [0.1, 0.15) is 5.01 Å². The molecule has 1 N–H and O–H groups in total. The quantitative estimate of drug-likeness (QED) is 0.770. The van der Waals surface area contributed by atoms with Gasteiger partial charge in [-0.15, -0.1) is 0 Å². The highest BCUT2D eigenvalue weighted by molar-refractivity contribution is 7.09. The van der Waals surface area contributed by atoms with E-state index in [0.29, 0.717) is 5.95 Å². The van der Waals surface area contributed by atoms with Crippen molar-refractivity contribution in [1.82, 2.24) is 9.36 Å². The van der Waals surface area contributed by atoms with Crippen LogP contribution >= 0.6 is 11.5 Å². The zero-order valence-corrected chi connectivity index (χ0v) is 11.3. The van der Waals surface area contributed by atoms with Gasteiger partial charge in [-0.3, -0.25) is 0 Å². The van der Waals surface area contributed by atoms with Gasteiger partial charge in [0.25, 0.3) is 0 Å². The highest BCUT2D eigenvalue weighted by atomic mass is 32.1. The Morgan fingerprint density at radius 3 is 2.42 bits per heavy atom. The lowest BCUT2D eigenvalue weighted by atomic mass is 10.2. The van der Waals surface area contributed by atoms with Crippen molar-refractivity contribution >= 4 is 23.2 Å². The van der Waals surface area contributed by atoms with E-state index in [1.807, 2.05) is 42.5 Å². The number of hydrogen-bond donors (Lipinski definition) is 1. The van der Waals surface area contributed by atoms with Gasteiger partial charge in [0.2, 0.25) is 5.95 Å².